The average Bonchev–Trinajstić information content (AvgIpc) is 2.43. The lowest BCUT2D eigenvalue weighted by Gasteiger charge is -2.29. The summed E-state index contributed by atoms with van der Waals surface area (Å²) in [4.78, 5) is 8.10. The van der Waals surface area contributed by atoms with E-state index in [0.717, 1.165) is 19.4 Å². The number of aromatic nitrogens is 2. The van der Waals surface area contributed by atoms with Gasteiger partial charge in [-0.15, -0.1) is 0 Å². The Morgan fingerprint density at radius 1 is 1.47 bits per heavy atom. The Balaban J connectivity index is 2.03. The molecule has 1 aliphatic carbocycles. The Hall–Kier alpha value is -1.04. The number of thioether (sulfide) groups is 1. The van der Waals surface area contributed by atoms with Crippen molar-refractivity contribution in [3.05, 3.63) is 12.0 Å². The number of nitrogens with one attached hydrogen (secondary N) is 2. The zero-order valence-corrected chi connectivity index (χ0v) is 12.3. The number of rotatable bonds is 5. The molecule has 2 unspecified atom stereocenters. The first-order valence-electron chi connectivity index (χ1n) is 6.78. The molecule has 0 bridgehead atoms. The minimum Gasteiger partial charge on any atom is -0.365 e. The van der Waals surface area contributed by atoms with Crippen LogP contribution in [-0.2, 0) is 0 Å². The second-order valence-electron chi connectivity index (χ2n) is 4.79. The Labute approximate surface area is 118 Å². The van der Waals surface area contributed by atoms with Gasteiger partial charge in [-0.05, 0) is 32.4 Å². The third kappa shape index (κ3) is 3.96. The van der Waals surface area contributed by atoms with Crippen LogP contribution in [0.25, 0.3) is 0 Å². The summed E-state index contributed by atoms with van der Waals surface area (Å²) in [6.45, 7) is 2.69. The fourth-order valence-electron chi connectivity index (χ4n) is 2.40. The first-order valence-corrected chi connectivity index (χ1v) is 8.07. The van der Waals surface area contributed by atoms with E-state index in [4.69, 9.17) is 0 Å². The van der Waals surface area contributed by atoms with Crippen molar-refractivity contribution in [1.29, 1.82) is 0 Å². The maximum absolute atomic E-state index is 13.7. The van der Waals surface area contributed by atoms with Crippen LogP contribution in [0.5, 0.6) is 0 Å². The monoisotopic (exact) mass is 284 g/mol. The van der Waals surface area contributed by atoms with Gasteiger partial charge in [-0.3, -0.25) is 0 Å². The summed E-state index contributed by atoms with van der Waals surface area (Å²) in [5, 5.41) is 6.90. The number of halogens is 1. The van der Waals surface area contributed by atoms with Gasteiger partial charge < -0.3 is 10.6 Å². The molecule has 19 heavy (non-hydrogen) atoms. The van der Waals surface area contributed by atoms with E-state index in [1.165, 1.54) is 19.0 Å². The summed E-state index contributed by atoms with van der Waals surface area (Å²) >= 11 is 1.90. The third-order valence-corrected chi connectivity index (χ3v) is 4.47. The van der Waals surface area contributed by atoms with Crippen molar-refractivity contribution in [2.45, 2.75) is 43.9 Å². The Bertz CT molecular complexity index is 416. The molecule has 4 nitrogen and oxygen atoms in total. The smallest absolute Gasteiger partial charge is 0.224 e. The van der Waals surface area contributed by atoms with Gasteiger partial charge in [0.25, 0.3) is 0 Å². The molecule has 2 N–H and O–H groups in total. The Morgan fingerprint density at radius 2 is 2.32 bits per heavy atom. The van der Waals surface area contributed by atoms with E-state index in [0.29, 0.717) is 23.1 Å². The van der Waals surface area contributed by atoms with Crippen molar-refractivity contribution < 1.29 is 4.39 Å². The van der Waals surface area contributed by atoms with E-state index in [1.807, 2.05) is 18.7 Å². The van der Waals surface area contributed by atoms with E-state index >= 15 is 0 Å². The second-order valence-corrected chi connectivity index (χ2v) is 5.92. The van der Waals surface area contributed by atoms with Crippen molar-refractivity contribution in [3.8, 4) is 0 Å². The predicted molar refractivity (Wildman–Crippen MR) is 79.3 cm³/mol. The first kappa shape index (κ1) is 14.4. The molecule has 1 aliphatic rings. The highest BCUT2D eigenvalue weighted by atomic mass is 32.2. The molecule has 6 heteroatoms. The Morgan fingerprint density at radius 3 is 3.05 bits per heavy atom. The van der Waals surface area contributed by atoms with Gasteiger partial charge in [0, 0.05) is 17.8 Å². The standard InChI is InChI=1S/C13H21FN4S/c1-3-15-13-16-8-11(14)12(18-13)17-9-5-4-6-10(7-9)19-2/h8-10H,3-7H2,1-2H3,(H2,15,16,17,18). The van der Waals surface area contributed by atoms with E-state index in [2.05, 4.69) is 26.9 Å². The van der Waals surface area contributed by atoms with Gasteiger partial charge in [-0.2, -0.15) is 16.7 Å². The predicted octanol–water partition coefficient (Wildman–Crippen LogP) is 3.13. The SMILES string of the molecule is CCNc1ncc(F)c(NC2CCCC(SC)C2)n1. The van der Waals surface area contributed by atoms with Crippen molar-refractivity contribution >= 4 is 23.5 Å². The van der Waals surface area contributed by atoms with Crippen molar-refractivity contribution in [2.75, 3.05) is 23.4 Å². The molecule has 1 heterocycles. The molecule has 1 fully saturated rings. The van der Waals surface area contributed by atoms with Crippen LogP contribution < -0.4 is 10.6 Å². The van der Waals surface area contributed by atoms with Crippen LogP contribution in [0.2, 0.25) is 0 Å². The zero-order valence-electron chi connectivity index (χ0n) is 11.4. The number of hydrogen-bond donors (Lipinski definition) is 2. The second kappa shape index (κ2) is 6.93. The summed E-state index contributed by atoms with van der Waals surface area (Å²) in [7, 11) is 0. The molecule has 0 aromatic carbocycles. The van der Waals surface area contributed by atoms with Gasteiger partial charge in [0.15, 0.2) is 11.6 Å². The highest BCUT2D eigenvalue weighted by Gasteiger charge is 2.22. The summed E-state index contributed by atoms with van der Waals surface area (Å²) in [5.41, 5.74) is 0. The van der Waals surface area contributed by atoms with Crippen LogP contribution in [0, 0.1) is 5.82 Å². The van der Waals surface area contributed by atoms with E-state index < -0.39 is 0 Å². The molecule has 2 atom stereocenters. The largest absolute Gasteiger partial charge is 0.365 e. The minimum atomic E-state index is -0.382. The van der Waals surface area contributed by atoms with E-state index in [-0.39, 0.29) is 5.82 Å². The quantitative estimate of drug-likeness (QED) is 0.870. The van der Waals surface area contributed by atoms with Crippen LogP contribution in [0.1, 0.15) is 32.6 Å². The molecule has 0 aliphatic heterocycles. The molecule has 0 amide bonds. The minimum absolute atomic E-state index is 0.310. The topological polar surface area (TPSA) is 49.8 Å². The number of nitrogens with zero attached hydrogens (tertiary/aromatic N) is 2. The van der Waals surface area contributed by atoms with Crippen molar-refractivity contribution in [3.63, 3.8) is 0 Å². The van der Waals surface area contributed by atoms with Crippen LogP contribution >= 0.6 is 11.8 Å². The summed E-state index contributed by atoms with van der Waals surface area (Å²) in [6.07, 6.45) is 7.96. The molecule has 2 rings (SSSR count). The van der Waals surface area contributed by atoms with Gasteiger partial charge >= 0.3 is 0 Å². The molecule has 1 aromatic heterocycles. The van der Waals surface area contributed by atoms with E-state index in [9.17, 15) is 4.39 Å². The van der Waals surface area contributed by atoms with Crippen LogP contribution in [0.4, 0.5) is 16.2 Å². The molecular weight excluding hydrogens is 263 g/mol. The zero-order chi connectivity index (χ0) is 13.7. The molecule has 1 aromatic rings. The summed E-state index contributed by atoms with van der Waals surface area (Å²) in [5.74, 6) is 0.411. The highest BCUT2D eigenvalue weighted by molar-refractivity contribution is 7.99. The Kier molecular flexibility index (Phi) is 5.24. The normalized spacial score (nSPS) is 23.1. The lowest BCUT2D eigenvalue weighted by atomic mass is 9.95. The van der Waals surface area contributed by atoms with Gasteiger partial charge in [0.1, 0.15) is 0 Å². The molecule has 106 valence electrons. The maximum Gasteiger partial charge on any atom is 0.224 e. The lowest BCUT2D eigenvalue weighted by molar-refractivity contribution is 0.470. The fourth-order valence-corrected chi connectivity index (χ4v) is 3.22. The average molecular weight is 284 g/mol. The first-order chi connectivity index (χ1) is 9.22. The number of anilines is 2. The molecular formula is C13H21FN4S. The van der Waals surface area contributed by atoms with Crippen LogP contribution in [0.3, 0.4) is 0 Å². The van der Waals surface area contributed by atoms with Crippen LogP contribution in [-0.4, -0.2) is 34.1 Å². The van der Waals surface area contributed by atoms with Crippen LogP contribution in [0.15, 0.2) is 6.20 Å². The van der Waals surface area contributed by atoms with Gasteiger partial charge in [-0.1, -0.05) is 6.42 Å². The van der Waals surface area contributed by atoms with Gasteiger partial charge in [-0.25, -0.2) is 9.37 Å². The maximum atomic E-state index is 13.7. The summed E-state index contributed by atoms with van der Waals surface area (Å²) in [6, 6.07) is 0.310. The number of hydrogen-bond acceptors (Lipinski definition) is 5. The molecule has 0 radical (unpaired) electrons. The van der Waals surface area contributed by atoms with Gasteiger partial charge in [0.2, 0.25) is 5.95 Å². The lowest BCUT2D eigenvalue weighted by Crippen LogP contribution is -2.29. The fraction of sp³-hybridized carbons (Fsp3) is 0.692. The highest BCUT2D eigenvalue weighted by Crippen LogP contribution is 2.29. The van der Waals surface area contributed by atoms with E-state index in [1.54, 1.807) is 0 Å². The van der Waals surface area contributed by atoms with Crippen molar-refractivity contribution in [1.82, 2.24) is 9.97 Å². The third-order valence-electron chi connectivity index (χ3n) is 3.38. The van der Waals surface area contributed by atoms with Crippen molar-refractivity contribution in [2.24, 2.45) is 0 Å². The molecule has 0 spiro atoms. The van der Waals surface area contributed by atoms with Gasteiger partial charge in [0.05, 0.1) is 6.20 Å². The summed E-state index contributed by atoms with van der Waals surface area (Å²) < 4.78 is 13.7. The molecule has 1 saturated carbocycles. The molecule has 0 saturated heterocycles.